The maximum atomic E-state index is 12.0. The van der Waals surface area contributed by atoms with E-state index < -0.39 is 0 Å². The first kappa shape index (κ1) is 7.90. The summed E-state index contributed by atoms with van der Waals surface area (Å²) in [5.41, 5.74) is 0. The number of nitrogens with zero attached hydrogens (tertiary/aromatic N) is 1. The zero-order valence-electron chi connectivity index (χ0n) is 7.12. The van der Waals surface area contributed by atoms with Crippen molar-refractivity contribution >= 4 is 11.8 Å². The smallest absolute Gasteiger partial charge is 0.138 e. The van der Waals surface area contributed by atoms with Crippen molar-refractivity contribution in [3.8, 4) is 0 Å². The fourth-order valence-electron chi connectivity index (χ4n) is 1.72. The summed E-state index contributed by atoms with van der Waals surface area (Å²) >= 11 is 1.89. The molecule has 0 bridgehead atoms. The lowest BCUT2D eigenvalue weighted by Crippen LogP contribution is -2.47. The molecule has 11 heavy (non-hydrogen) atoms. The van der Waals surface area contributed by atoms with Gasteiger partial charge in [-0.25, -0.2) is 0 Å². The molecular weight excluding hydrogens is 158 g/mol. The Hall–Kier alpha value is 0.270. The fourth-order valence-corrected chi connectivity index (χ4v) is 3.54. The van der Waals surface area contributed by atoms with Crippen LogP contribution in [0, 0.1) is 11.1 Å². The lowest BCUT2D eigenvalue weighted by atomic mass is 10.3. The standard InChI is InChI=1S/C8H15NOS/c1-6-5-11-8(7-3-4-7)9(6,2)10/h6-8H,3-5H2,1-2H3/t6-,8-,9-/m1/s1. The van der Waals surface area contributed by atoms with Crippen LogP contribution in [0.5, 0.6) is 0 Å². The van der Waals surface area contributed by atoms with Crippen LogP contribution in [0.15, 0.2) is 0 Å². The molecule has 64 valence electrons. The van der Waals surface area contributed by atoms with Crippen molar-refractivity contribution in [1.29, 1.82) is 0 Å². The van der Waals surface area contributed by atoms with Crippen molar-refractivity contribution in [3.05, 3.63) is 5.21 Å². The van der Waals surface area contributed by atoms with E-state index in [2.05, 4.69) is 6.92 Å². The minimum atomic E-state index is 0.00926. The van der Waals surface area contributed by atoms with Crippen LogP contribution in [0.4, 0.5) is 0 Å². The van der Waals surface area contributed by atoms with Crippen LogP contribution in [0.25, 0.3) is 0 Å². The first-order chi connectivity index (χ1) is 5.12. The second-order valence-corrected chi connectivity index (χ2v) is 5.12. The lowest BCUT2D eigenvalue weighted by molar-refractivity contribution is -0.888. The highest BCUT2D eigenvalue weighted by atomic mass is 32.2. The summed E-state index contributed by atoms with van der Waals surface area (Å²) in [6.07, 6.45) is 2.58. The molecule has 0 spiro atoms. The molecular formula is C8H15NOS. The van der Waals surface area contributed by atoms with E-state index >= 15 is 0 Å². The number of thioether (sulfide) groups is 1. The lowest BCUT2D eigenvalue weighted by Gasteiger charge is -2.43. The van der Waals surface area contributed by atoms with Crippen molar-refractivity contribution < 1.29 is 4.65 Å². The number of hydrogen-bond acceptors (Lipinski definition) is 2. The van der Waals surface area contributed by atoms with Gasteiger partial charge in [-0.15, -0.1) is 0 Å². The van der Waals surface area contributed by atoms with Crippen molar-refractivity contribution in [2.75, 3.05) is 12.8 Å². The minimum Gasteiger partial charge on any atom is -0.632 e. The largest absolute Gasteiger partial charge is 0.632 e. The highest BCUT2D eigenvalue weighted by Crippen LogP contribution is 2.47. The Morgan fingerprint density at radius 3 is 2.45 bits per heavy atom. The summed E-state index contributed by atoms with van der Waals surface area (Å²) in [6, 6.07) is 0.311. The molecule has 0 N–H and O–H groups in total. The summed E-state index contributed by atoms with van der Waals surface area (Å²) in [4.78, 5) is 0. The molecule has 0 amide bonds. The summed E-state index contributed by atoms with van der Waals surface area (Å²) < 4.78 is 0.00926. The third kappa shape index (κ3) is 1.19. The topological polar surface area (TPSA) is 23.1 Å². The van der Waals surface area contributed by atoms with Crippen LogP contribution in [-0.2, 0) is 0 Å². The van der Waals surface area contributed by atoms with E-state index in [9.17, 15) is 5.21 Å². The molecule has 2 fully saturated rings. The minimum absolute atomic E-state index is 0.00926. The summed E-state index contributed by atoms with van der Waals surface area (Å²) in [6.45, 7) is 2.07. The van der Waals surface area contributed by atoms with E-state index in [0.717, 1.165) is 11.7 Å². The number of hydroxylamine groups is 3. The van der Waals surface area contributed by atoms with Gasteiger partial charge in [0.1, 0.15) is 5.37 Å². The Labute approximate surface area is 72.1 Å². The van der Waals surface area contributed by atoms with Crippen molar-refractivity contribution in [2.45, 2.75) is 31.2 Å². The van der Waals surface area contributed by atoms with Gasteiger partial charge in [-0.1, -0.05) is 11.8 Å². The van der Waals surface area contributed by atoms with E-state index in [0.29, 0.717) is 11.4 Å². The number of rotatable bonds is 1. The molecule has 1 aliphatic heterocycles. The molecule has 0 aromatic heterocycles. The molecule has 1 saturated heterocycles. The second kappa shape index (κ2) is 2.38. The van der Waals surface area contributed by atoms with E-state index in [-0.39, 0.29) is 4.65 Å². The number of hydrogen-bond donors (Lipinski definition) is 0. The summed E-state index contributed by atoms with van der Waals surface area (Å²) in [5, 5.41) is 12.3. The van der Waals surface area contributed by atoms with Gasteiger partial charge in [0.15, 0.2) is 0 Å². The molecule has 0 unspecified atom stereocenters. The molecule has 0 aromatic carbocycles. The van der Waals surface area contributed by atoms with Crippen LogP contribution in [0.1, 0.15) is 19.8 Å². The predicted molar refractivity (Wildman–Crippen MR) is 48.0 cm³/mol. The Bertz CT molecular complexity index is 167. The van der Waals surface area contributed by atoms with Gasteiger partial charge in [-0.3, -0.25) is 0 Å². The van der Waals surface area contributed by atoms with Gasteiger partial charge < -0.3 is 9.85 Å². The molecule has 2 rings (SSSR count). The molecule has 0 aromatic rings. The van der Waals surface area contributed by atoms with Gasteiger partial charge in [0.05, 0.1) is 18.8 Å². The zero-order valence-corrected chi connectivity index (χ0v) is 7.93. The molecule has 1 saturated carbocycles. The Kier molecular flexibility index (Phi) is 1.71. The van der Waals surface area contributed by atoms with Crippen molar-refractivity contribution in [3.63, 3.8) is 0 Å². The molecule has 3 atom stereocenters. The third-order valence-corrected chi connectivity index (χ3v) is 4.73. The average Bonchev–Trinajstić information content (AvgIpc) is 2.67. The molecule has 1 aliphatic carbocycles. The highest BCUT2D eigenvalue weighted by Gasteiger charge is 2.47. The van der Waals surface area contributed by atoms with Crippen LogP contribution < -0.4 is 0 Å². The monoisotopic (exact) mass is 173 g/mol. The quantitative estimate of drug-likeness (QED) is 0.446. The number of quaternary nitrogens is 1. The van der Waals surface area contributed by atoms with Gasteiger partial charge in [-0.2, -0.15) is 0 Å². The van der Waals surface area contributed by atoms with Gasteiger partial charge in [0.2, 0.25) is 0 Å². The first-order valence-corrected chi connectivity index (χ1v) is 5.35. The summed E-state index contributed by atoms with van der Waals surface area (Å²) in [7, 11) is 1.84. The molecule has 3 heteroatoms. The average molecular weight is 173 g/mol. The Morgan fingerprint density at radius 2 is 2.09 bits per heavy atom. The van der Waals surface area contributed by atoms with E-state index in [1.165, 1.54) is 12.8 Å². The highest BCUT2D eigenvalue weighted by molar-refractivity contribution is 8.00. The van der Waals surface area contributed by atoms with Gasteiger partial charge in [0, 0.05) is 5.92 Å². The Balaban J connectivity index is 2.10. The fraction of sp³-hybridized carbons (Fsp3) is 1.00. The van der Waals surface area contributed by atoms with Crippen LogP contribution in [0.2, 0.25) is 0 Å². The molecule has 2 nitrogen and oxygen atoms in total. The van der Waals surface area contributed by atoms with E-state index in [1.807, 2.05) is 18.8 Å². The second-order valence-electron chi connectivity index (χ2n) is 3.97. The van der Waals surface area contributed by atoms with Gasteiger partial charge in [-0.05, 0) is 19.8 Å². The zero-order chi connectivity index (χ0) is 8.06. The maximum Gasteiger partial charge on any atom is 0.138 e. The summed E-state index contributed by atoms with van der Waals surface area (Å²) in [5.74, 6) is 1.80. The predicted octanol–water partition coefficient (Wildman–Crippen LogP) is 1.80. The first-order valence-electron chi connectivity index (χ1n) is 4.31. The van der Waals surface area contributed by atoms with Crippen LogP contribution in [-0.4, -0.2) is 28.9 Å². The maximum absolute atomic E-state index is 12.0. The van der Waals surface area contributed by atoms with Crippen molar-refractivity contribution in [2.24, 2.45) is 5.92 Å². The van der Waals surface area contributed by atoms with Gasteiger partial charge in [0.25, 0.3) is 0 Å². The Morgan fingerprint density at radius 1 is 1.45 bits per heavy atom. The normalized spacial score (nSPS) is 51.5. The molecule has 1 heterocycles. The van der Waals surface area contributed by atoms with Crippen LogP contribution in [0.3, 0.4) is 0 Å². The molecule has 2 aliphatic rings. The SMILES string of the molecule is C[C@@H]1CS[C@H](C2CC2)[N@+]1(C)[O-]. The van der Waals surface area contributed by atoms with E-state index in [4.69, 9.17) is 0 Å². The van der Waals surface area contributed by atoms with E-state index in [1.54, 1.807) is 0 Å². The third-order valence-electron chi connectivity index (χ3n) is 2.91. The molecule has 0 radical (unpaired) electrons. The van der Waals surface area contributed by atoms with Gasteiger partial charge >= 0.3 is 0 Å². The van der Waals surface area contributed by atoms with Crippen molar-refractivity contribution in [1.82, 2.24) is 0 Å². The van der Waals surface area contributed by atoms with Crippen LogP contribution >= 0.6 is 11.8 Å².